The van der Waals surface area contributed by atoms with Crippen LogP contribution in [0.15, 0.2) is 36.4 Å². The minimum absolute atomic E-state index is 0.0726. The maximum absolute atomic E-state index is 12.7. The molecule has 5 heteroatoms. The number of carbonyl (C=O) groups is 2. The molecule has 0 unspecified atom stereocenters. The quantitative estimate of drug-likeness (QED) is 0.585. The summed E-state index contributed by atoms with van der Waals surface area (Å²) >= 11 is 0. The molecule has 3 aliphatic carbocycles. The van der Waals surface area contributed by atoms with Crippen LogP contribution in [0.5, 0.6) is 0 Å². The van der Waals surface area contributed by atoms with E-state index in [-0.39, 0.29) is 23.4 Å². The van der Waals surface area contributed by atoms with Gasteiger partial charge >= 0.3 is 6.03 Å². The number of rotatable bonds is 4. The fourth-order valence-electron chi connectivity index (χ4n) is 8.11. The molecule has 178 valence electrons. The second-order valence-electron chi connectivity index (χ2n) is 11.4. The molecule has 0 spiro atoms. The number of anilines is 1. The van der Waals surface area contributed by atoms with Crippen molar-refractivity contribution >= 4 is 17.6 Å². The Labute approximate surface area is 198 Å². The number of nitrogens with one attached hydrogen (secondary N) is 3. The van der Waals surface area contributed by atoms with Crippen molar-refractivity contribution in [2.75, 3.05) is 11.9 Å². The van der Waals surface area contributed by atoms with Crippen molar-refractivity contribution in [3.05, 3.63) is 42.0 Å². The average Bonchev–Trinajstić information content (AvgIpc) is 3.15. The molecule has 0 saturated heterocycles. The van der Waals surface area contributed by atoms with E-state index in [4.69, 9.17) is 0 Å². The van der Waals surface area contributed by atoms with Crippen molar-refractivity contribution in [3.63, 3.8) is 0 Å². The molecular weight excluding hydrogens is 410 g/mol. The Hall–Kier alpha value is -2.30. The highest BCUT2D eigenvalue weighted by atomic mass is 16.2. The number of amides is 3. The lowest BCUT2D eigenvalue weighted by atomic mass is 9.48. The van der Waals surface area contributed by atoms with Crippen molar-refractivity contribution in [2.45, 2.75) is 71.8 Å². The van der Waals surface area contributed by atoms with E-state index in [9.17, 15) is 9.59 Å². The van der Waals surface area contributed by atoms with Gasteiger partial charge in [-0.05, 0) is 91.7 Å². The number of benzene rings is 1. The standard InChI is InChI=1S/C28H39N3O2/c1-4-18-7-5-6-8-23(18)30-26(33)29-17-19-9-11-21-20-10-12-24-28(3,16-14-25(32)31-24)22(20)13-15-27(19,21)2/h5-8,14,16,19-22,24H,4,9-13,15,17H2,1-3H3,(H,31,32)(H2,29,30,33)/t19-,20+,21+,22+,24-,27-,28-/m1/s1. The summed E-state index contributed by atoms with van der Waals surface area (Å²) in [7, 11) is 0. The number of aryl methyl sites for hydroxylation is 1. The molecule has 5 nitrogen and oxygen atoms in total. The molecule has 7 atom stereocenters. The minimum Gasteiger partial charge on any atom is -0.349 e. The van der Waals surface area contributed by atoms with Crippen molar-refractivity contribution in [1.29, 1.82) is 0 Å². The second-order valence-corrected chi connectivity index (χ2v) is 11.4. The van der Waals surface area contributed by atoms with Crippen LogP contribution in [-0.4, -0.2) is 24.5 Å². The van der Waals surface area contributed by atoms with E-state index in [1.807, 2.05) is 18.2 Å². The topological polar surface area (TPSA) is 70.2 Å². The number of hydrogen-bond acceptors (Lipinski definition) is 2. The lowest BCUT2D eigenvalue weighted by Crippen LogP contribution is -2.59. The third kappa shape index (κ3) is 3.77. The maximum atomic E-state index is 12.7. The summed E-state index contributed by atoms with van der Waals surface area (Å²) < 4.78 is 0. The molecule has 3 amide bonds. The molecule has 33 heavy (non-hydrogen) atoms. The van der Waals surface area contributed by atoms with Crippen LogP contribution in [0.1, 0.15) is 64.9 Å². The average molecular weight is 450 g/mol. The molecule has 1 aliphatic heterocycles. The fourth-order valence-corrected chi connectivity index (χ4v) is 8.11. The third-order valence-electron chi connectivity index (χ3n) is 10.0. The van der Waals surface area contributed by atoms with E-state index < -0.39 is 0 Å². The third-order valence-corrected chi connectivity index (χ3v) is 10.0. The molecule has 1 aromatic carbocycles. The van der Waals surface area contributed by atoms with Crippen LogP contribution >= 0.6 is 0 Å². The van der Waals surface area contributed by atoms with E-state index in [0.29, 0.717) is 17.3 Å². The van der Waals surface area contributed by atoms with Crippen molar-refractivity contribution in [2.24, 2.45) is 34.5 Å². The summed E-state index contributed by atoms with van der Waals surface area (Å²) in [4.78, 5) is 24.6. The first kappa shape index (κ1) is 22.5. The lowest BCUT2D eigenvalue weighted by Gasteiger charge is -2.59. The molecule has 3 N–H and O–H groups in total. The van der Waals surface area contributed by atoms with Crippen LogP contribution in [0.2, 0.25) is 0 Å². The number of carbonyl (C=O) groups excluding carboxylic acids is 2. The van der Waals surface area contributed by atoms with E-state index in [1.165, 1.54) is 32.1 Å². The van der Waals surface area contributed by atoms with E-state index >= 15 is 0 Å². The fraction of sp³-hybridized carbons (Fsp3) is 0.643. The first-order chi connectivity index (χ1) is 15.8. The van der Waals surface area contributed by atoms with Gasteiger partial charge < -0.3 is 16.0 Å². The minimum atomic E-state index is -0.0901. The summed E-state index contributed by atoms with van der Waals surface area (Å²) in [6, 6.07) is 8.23. The van der Waals surface area contributed by atoms with Crippen molar-refractivity contribution < 1.29 is 9.59 Å². The molecule has 1 heterocycles. The summed E-state index contributed by atoms with van der Waals surface area (Å²) in [5, 5.41) is 9.52. The second kappa shape index (κ2) is 8.48. The zero-order valence-electron chi connectivity index (χ0n) is 20.3. The van der Waals surface area contributed by atoms with E-state index in [2.05, 4.69) is 48.9 Å². The van der Waals surface area contributed by atoms with Gasteiger partial charge in [-0.2, -0.15) is 0 Å². The maximum Gasteiger partial charge on any atom is 0.319 e. The van der Waals surface area contributed by atoms with Gasteiger partial charge in [-0.3, -0.25) is 4.79 Å². The zero-order valence-corrected chi connectivity index (χ0v) is 20.3. The molecule has 5 rings (SSSR count). The monoisotopic (exact) mass is 449 g/mol. The van der Waals surface area contributed by atoms with Crippen molar-refractivity contribution in [1.82, 2.24) is 10.6 Å². The smallest absolute Gasteiger partial charge is 0.319 e. The van der Waals surface area contributed by atoms with E-state index in [0.717, 1.165) is 42.5 Å². The van der Waals surface area contributed by atoms with Gasteiger partial charge in [0.15, 0.2) is 0 Å². The molecule has 3 fully saturated rings. The summed E-state index contributed by atoms with van der Waals surface area (Å²) in [6.07, 6.45) is 12.1. The largest absolute Gasteiger partial charge is 0.349 e. The molecule has 0 bridgehead atoms. The normalized spacial score (nSPS) is 39.1. The van der Waals surface area contributed by atoms with Gasteiger partial charge in [0.2, 0.25) is 5.91 Å². The lowest BCUT2D eigenvalue weighted by molar-refractivity contribution is -0.122. The van der Waals surface area contributed by atoms with Gasteiger partial charge in [0.05, 0.1) is 0 Å². The van der Waals surface area contributed by atoms with Crippen LogP contribution in [-0.2, 0) is 11.2 Å². The molecule has 0 radical (unpaired) electrons. The van der Waals surface area contributed by atoms with Crippen LogP contribution in [0.3, 0.4) is 0 Å². The van der Waals surface area contributed by atoms with Gasteiger partial charge in [0, 0.05) is 23.7 Å². The zero-order chi connectivity index (χ0) is 23.2. The number of hydrogen-bond donors (Lipinski definition) is 3. The highest BCUT2D eigenvalue weighted by Crippen LogP contribution is 2.64. The molecular formula is C28H39N3O2. The Bertz CT molecular complexity index is 958. The van der Waals surface area contributed by atoms with Crippen molar-refractivity contribution in [3.8, 4) is 0 Å². The van der Waals surface area contributed by atoms with Gasteiger partial charge in [0.25, 0.3) is 0 Å². The predicted octanol–water partition coefficient (Wildman–Crippen LogP) is 5.28. The first-order valence-electron chi connectivity index (χ1n) is 13.0. The SMILES string of the molecule is CCc1ccccc1NC(=O)NC[C@H]1CC[C@H]2[C@@H]3CC[C@H]4NC(=O)C=C[C@]4(C)[C@H]3CC[C@]12C. The van der Waals surface area contributed by atoms with Crippen LogP contribution in [0.25, 0.3) is 0 Å². The summed E-state index contributed by atoms with van der Waals surface area (Å²) in [5.41, 5.74) is 2.45. The molecule has 1 aromatic rings. The Morgan fingerprint density at radius 3 is 2.73 bits per heavy atom. The Morgan fingerprint density at radius 2 is 1.91 bits per heavy atom. The van der Waals surface area contributed by atoms with Gasteiger partial charge in [-0.25, -0.2) is 4.79 Å². The van der Waals surface area contributed by atoms with Gasteiger partial charge in [0.1, 0.15) is 0 Å². The van der Waals surface area contributed by atoms with Gasteiger partial charge in [-0.1, -0.05) is 45.0 Å². The molecule has 3 saturated carbocycles. The summed E-state index contributed by atoms with van der Waals surface area (Å²) in [5.74, 6) is 2.69. The highest BCUT2D eigenvalue weighted by molar-refractivity contribution is 5.90. The highest BCUT2D eigenvalue weighted by Gasteiger charge is 2.59. The number of para-hydroxylation sites is 1. The Balaban J connectivity index is 1.24. The van der Waals surface area contributed by atoms with Gasteiger partial charge in [-0.15, -0.1) is 0 Å². The molecule has 0 aromatic heterocycles. The number of urea groups is 1. The van der Waals surface area contributed by atoms with Crippen LogP contribution in [0.4, 0.5) is 10.5 Å². The molecule has 4 aliphatic rings. The van der Waals surface area contributed by atoms with E-state index in [1.54, 1.807) is 6.08 Å². The Kier molecular flexibility index (Phi) is 5.78. The van der Waals surface area contributed by atoms with Crippen LogP contribution in [0, 0.1) is 34.5 Å². The Morgan fingerprint density at radius 1 is 1.09 bits per heavy atom. The predicted molar refractivity (Wildman–Crippen MR) is 132 cm³/mol. The van der Waals surface area contributed by atoms with Crippen LogP contribution < -0.4 is 16.0 Å². The summed E-state index contributed by atoms with van der Waals surface area (Å²) in [6.45, 7) is 7.73. The number of fused-ring (bicyclic) bond motifs is 5. The first-order valence-corrected chi connectivity index (χ1v) is 13.0.